The van der Waals surface area contributed by atoms with Crippen LogP contribution in [0.2, 0.25) is 0 Å². The minimum Gasteiger partial charge on any atom is -0.493 e. The fourth-order valence-corrected chi connectivity index (χ4v) is 8.44. The van der Waals surface area contributed by atoms with Gasteiger partial charge in [0.05, 0.1) is 23.2 Å². The molecule has 0 N–H and O–H groups in total. The average Bonchev–Trinajstić information content (AvgIpc) is 3.57. The van der Waals surface area contributed by atoms with Crippen molar-refractivity contribution in [1.29, 1.82) is 0 Å². The van der Waals surface area contributed by atoms with Crippen LogP contribution in [0.1, 0.15) is 90.9 Å². The summed E-state index contributed by atoms with van der Waals surface area (Å²) in [4.78, 5) is 5.67. The molecule has 0 radical (unpaired) electrons. The molecule has 7 rings (SSSR count). The predicted octanol–water partition coefficient (Wildman–Crippen LogP) is 12.9. The van der Waals surface area contributed by atoms with Crippen molar-refractivity contribution >= 4 is 72.6 Å². The van der Waals surface area contributed by atoms with E-state index < -0.39 is 0 Å². The number of benzene rings is 6. The topological polar surface area (TPSA) is 27.1 Å². The monoisotopic (exact) mass is 750 g/mol. The molecule has 0 spiro atoms. The Labute approximate surface area is 319 Å². The standard InChI is InChI=1S/C47H52BBrN2O/c1-3-5-7-9-10-13-19-33(18-12-8-6-4-2)32-52-43-29-24-34-20-16-17-23-38(34)44(43)47-50-45-41-30-35(48)25-27-39(41)40-28-26-36(49)31-42(40)46(45)51(47)37-21-14-11-15-22-37/h11,14-17,20-31,33H,3-10,12-13,18-19,32,48H2,1-2H3. The van der Waals surface area contributed by atoms with E-state index in [1.54, 1.807) is 0 Å². The van der Waals surface area contributed by atoms with Crippen LogP contribution in [0.25, 0.3) is 60.4 Å². The molecule has 0 saturated carbocycles. The Hall–Kier alpha value is -4.09. The zero-order chi connectivity index (χ0) is 35.9. The summed E-state index contributed by atoms with van der Waals surface area (Å²) in [6.45, 7) is 5.33. The van der Waals surface area contributed by atoms with Gasteiger partial charge in [-0.05, 0) is 70.6 Å². The van der Waals surface area contributed by atoms with Gasteiger partial charge in [-0.3, -0.25) is 4.57 Å². The van der Waals surface area contributed by atoms with Gasteiger partial charge in [-0.15, -0.1) is 0 Å². The molecule has 0 aliphatic carbocycles. The van der Waals surface area contributed by atoms with Gasteiger partial charge >= 0.3 is 0 Å². The second-order valence-corrected chi connectivity index (χ2v) is 15.7. The molecule has 1 unspecified atom stereocenters. The molecular weight excluding hydrogens is 699 g/mol. The van der Waals surface area contributed by atoms with Gasteiger partial charge in [-0.25, -0.2) is 4.98 Å². The molecule has 1 heterocycles. The maximum absolute atomic E-state index is 7.05. The number of fused-ring (bicyclic) bond motifs is 7. The summed E-state index contributed by atoms with van der Waals surface area (Å²) in [6, 6.07) is 37.3. The molecule has 0 saturated heterocycles. The van der Waals surface area contributed by atoms with Crippen molar-refractivity contribution in [2.75, 3.05) is 6.61 Å². The van der Waals surface area contributed by atoms with Gasteiger partial charge in [0, 0.05) is 20.9 Å². The summed E-state index contributed by atoms with van der Waals surface area (Å²) in [5.41, 5.74) is 5.51. The normalized spacial score (nSPS) is 12.4. The molecule has 1 aromatic heterocycles. The highest BCUT2D eigenvalue weighted by Crippen LogP contribution is 2.44. The maximum atomic E-state index is 7.05. The van der Waals surface area contributed by atoms with E-state index >= 15 is 0 Å². The molecule has 0 bridgehead atoms. The highest BCUT2D eigenvalue weighted by molar-refractivity contribution is 9.10. The Morgan fingerprint density at radius 2 is 1.33 bits per heavy atom. The van der Waals surface area contributed by atoms with Crippen LogP contribution >= 0.6 is 15.9 Å². The Bertz CT molecular complexity index is 2280. The molecular formula is C47H52BBrN2O. The van der Waals surface area contributed by atoms with Gasteiger partial charge in [0.2, 0.25) is 0 Å². The molecule has 5 heteroatoms. The number of ether oxygens (including phenoxy) is 1. The van der Waals surface area contributed by atoms with Crippen molar-refractivity contribution < 1.29 is 4.74 Å². The minimum absolute atomic E-state index is 0.545. The number of para-hydroxylation sites is 1. The van der Waals surface area contributed by atoms with E-state index in [1.807, 2.05) is 0 Å². The Kier molecular flexibility index (Phi) is 12.0. The zero-order valence-corrected chi connectivity index (χ0v) is 32.9. The maximum Gasteiger partial charge on any atom is 0.150 e. The summed E-state index contributed by atoms with van der Waals surface area (Å²) in [5, 5.41) is 7.15. The van der Waals surface area contributed by atoms with E-state index in [0.717, 1.165) is 50.3 Å². The minimum atomic E-state index is 0.545. The Morgan fingerprint density at radius 3 is 2.12 bits per heavy atom. The molecule has 0 amide bonds. The molecule has 0 aliphatic heterocycles. The van der Waals surface area contributed by atoms with Crippen LogP contribution < -0.4 is 10.2 Å². The van der Waals surface area contributed by atoms with E-state index in [9.17, 15) is 0 Å². The zero-order valence-electron chi connectivity index (χ0n) is 31.3. The summed E-state index contributed by atoms with van der Waals surface area (Å²) in [6.07, 6.45) is 15.6. The fourth-order valence-electron chi connectivity index (χ4n) is 8.08. The number of rotatable bonds is 17. The molecule has 266 valence electrons. The number of aromatic nitrogens is 2. The molecule has 6 aromatic carbocycles. The molecule has 1 atom stereocenters. The lowest BCUT2D eigenvalue weighted by molar-refractivity contribution is 0.225. The SMILES string of the molecule is Bc1ccc2c3ccc(Br)cc3c3c(nc(-c4c(OCC(CCCCCC)CCCCCCCC)ccc5ccccc45)n3-c3ccccc3)c2c1. The first-order valence-corrected chi connectivity index (χ1v) is 20.6. The van der Waals surface area contributed by atoms with Gasteiger partial charge in [0.25, 0.3) is 0 Å². The van der Waals surface area contributed by atoms with Crippen LogP contribution in [-0.4, -0.2) is 24.0 Å². The molecule has 0 aliphatic rings. The quantitative estimate of drug-likeness (QED) is 0.0526. The van der Waals surface area contributed by atoms with Gasteiger partial charge < -0.3 is 4.74 Å². The lowest BCUT2D eigenvalue weighted by Gasteiger charge is -2.21. The smallest absolute Gasteiger partial charge is 0.150 e. The highest BCUT2D eigenvalue weighted by atomic mass is 79.9. The third-order valence-electron chi connectivity index (χ3n) is 10.9. The second-order valence-electron chi connectivity index (χ2n) is 14.8. The first kappa shape index (κ1) is 36.3. The van der Waals surface area contributed by atoms with Crippen molar-refractivity contribution in [3.8, 4) is 22.8 Å². The van der Waals surface area contributed by atoms with E-state index in [-0.39, 0.29) is 0 Å². The lowest BCUT2D eigenvalue weighted by Crippen LogP contribution is -2.13. The lowest BCUT2D eigenvalue weighted by atomic mass is 9.91. The number of imidazole rings is 1. The van der Waals surface area contributed by atoms with Gasteiger partial charge in [0.1, 0.15) is 19.4 Å². The molecule has 0 fully saturated rings. The highest BCUT2D eigenvalue weighted by Gasteiger charge is 2.24. The van der Waals surface area contributed by atoms with Crippen molar-refractivity contribution in [2.45, 2.75) is 90.9 Å². The van der Waals surface area contributed by atoms with Crippen molar-refractivity contribution in [3.05, 3.63) is 108 Å². The number of nitrogens with zero attached hydrogens (tertiary/aromatic N) is 2. The Morgan fingerprint density at radius 1 is 0.654 bits per heavy atom. The third-order valence-corrected chi connectivity index (χ3v) is 11.4. The summed E-state index contributed by atoms with van der Waals surface area (Å²) in [7, 11) is 2.17. The van der Waals surface area contributed by atoms with E-state index in [1.165, 1.54) is 109 Å². The van der Waals surface area contributed by atoms with Crippen LogP contribution in [-0.2, 0) is 0 Å². The first-order chi connectivity index (χ1) is 25.6. The van der Waals surface area contributed by atoms with E-state index in [4.69, 9.17) is 9.72 Å². The van der Waals surface area contributed by atoms with Gasteiger partial charge in [-0.2, -0.15) is 0 Å². The van der Waals surface area contributed by atoms with Crippen molar-refractivity contribution in [1.82, 2.24) is 9.55 Å². The first-order valence-electron chi connectivity index (χ1n) is 19.8. The van der Waals surface area contributed by atoms with Crippen LogP contribution in [0.3, 0.4) is 0 Å². The van der Waals surface area contributed by atoms with Gasteiger partial charge in [-0.1, -0.05) is 172 Å². The summed E-state index contributed by atoms with van der Waals surface area (Å²) in [5.74, 6) is 2.38. The summed E-state index contributed by atoms with van der Waals surface area (Å²) >= 11 is 3.81. The second kappa shape index (κ2) is 17.2. The van der Waals surface area contributed by atoms with Crippen LogP contribution in [0.4, 0.5) is 0 Å². The number of unbranched alkanes of at least 4 members (excludes halogenated alkanes) is 8. The molecule has 3 nitrogen and oxygen atoms in total. The van der Waals surface area contributed by atoms with Crippen LogP contribution in [0.5, 0.6) is 5.75 Å². The molecule has 52 heavy (non-hydrogen) atoms. The number of hydrogen-bond acceptors (Lipinski definition) is 2. The molecule has 7 aromatic rings. The largest absolute Gasteiger partial charge is 0.493 e. The predicted molar refractivity (Wildman–Crippen MR) is 231 cm³/mol. The average molecular weight is 752 g/mol. The van der Waals surface area contributed by atoms with Crippen LogP contribution in [0, 0.1) is 5.92 Å². The van der Waals surface area contributed by atoms with Crippen LogP contribution in [0.15, 0.2) is 108 Å². The van der Waals surface area contributed by atoms with Gasteiger partial charge in [0.15, 0.2) is 0 Å². The van der Waals surface area contributed by atoms with Crippen molar-refractivity contribution in [3.63, 3.8) is 0 Å². The van der Waals surface area contributed by atoms with E-state index in [2.05, 4.69) is 145 Å². The summed E-state index contributed by atoms with van der Waals surface area (Å²) < 4.78 is 10.5. The number of halogens is 1. The van der Waals surface area contributed by atoms with E-state index in [0.29, 0.717) is 5.92 Å². The number of hydrogen-bond donors (Lipinski definition) is 0. The fraction of sp³-hybridized carbons (Fsp3) is 0.340. The third kappa shape index (κ3) is 7.81. The van der Waals surface area contributed by atoms with Crippen molar-refractivity contribution in [2.24, 2.45) is 5.92 Å². The Balaban J connectivity index is 1.39.